The Balaban J connectivity index is 2.32. The fourth-order valence-corrected chi connectivity index (χ4v) is 4.49. The molecule has 1 aromatic rings. The topological polar surface area (TPSA) is 65.5 Å². The second-order valence-electron chi connectivity index (χ2n) is 6.40. The molecule has 0 bridgehead atoms. The summed E-state index contributed by atoms with van der Waals surface area (Å²) in [5.74, 6) is -1.10. The summed E-state index contributed by atoms with van der Waals surface area (Å²) in [7, 11) is 2.59. The first-order valence-electron chi connectivity index (χ1n) is 7.80. The van der Waals surface area contributed by atoms with Crippen molar-refractivity contribution in [3.63, 3.8) is 0 Å². The number of hydrogen-bond donors (Lipinski definition) is 0. The summed E-state index contributed by atoms with van der Waals surface area (Å²) in [6.07, 6.45) is 3.55. The zero-order valence-corrected chi connectivity index (χ0v) is 14.3. The van der Waals surface area contributed by atoms with Gasteiger partial charge in [-0.05, 0) is 49.1 Å². The van der Waals surface area contributed by atoms with E-state index in [2.05, 4.69) is 4.98 Å². The summed E-state index contributed by atoms with van der Waals surface area (Å²) < 4.78 is 10.1. The number of hydrogen-bond acceptors (Lipinski definition) is 5. The average Bonchev–Trinajstić information content (AvgIpc) is 3.01. The van der Waals surface area contributed by atoms with E-state index in [0.717, 1.165) is 36.8 Å². The van der Waals surface area contributed by atoms with Gasteiger partial charge < -0.3 is 9.47 Å². The van der Waals surface area contributed by atoms with Crippen molar-refractivity contribution in [2.45, 2.75) is 38.0 Å². The van der Waals surface area contributed by atoms with Crippen molar-refractivity contribution < 1.29 is 19.1 Å². The Hall–Kier alpha value is -1.62. The van der Waals surface area contributed by atoms with E-state index in [0.29, 0.717) is 10.8 Å². The fraction of sp³-hybridized carbons (Fsp3) is 0.588. The monoisotopic (exact) mass is 337 g/mol. The number of esters is 2. The zero-order valence-electron chi connectivity index (χ0n) is 13.5. The third-order valence-corrected chi connectivity index (χ3v) is 5.70. The molecule has 1 fully saturated rings. The molecule has 0 unspecified atom stereocenters. The number of carbonyl (C=O) groups is 2. The van der Waals surface area contributed by atoms with Crippen molar-refractivity contribution in [3.8, 4) is 0 Å². The predicted octanol–water partition coefficient (Wildman–Crippen LogP) is 2.60. The number of methoxy groups -OCH3 is 2. The van der Waals surface area contributed by atoms with E-state index in [9.17, 15) is 9.59 Å². The number of aromatic nitrogens is 1. The van der Waals surface area contributed by atoms with Crippen LogP contribution >= 0.6 is 11.6 Å². The van der Waals surface area contributed by atoms with Crippen LogP contribution in [0.3, 0.4) is 0 Å². The molecular weight excluding hydrogens is 318 g/mol. The van der Waals surface area contributed by atoms with E-state index in [1.807, 2.05) is 13.0 Å². The Morgan fingerprint density at radius 2 is 1.91 bits per heavy atom. The van der Waals surface area contributed by atoms with Crippen LogP contribution in [0.15, 0.2) is 6.07 Å². The number of carbonyl (C=O) groups excluding carboxylic acids is 2. The summed E-state index contributed by atoms with van der Waals surface area (Å²) in [6, 6.07) is 1.93. The van der Waals surface area contributed by atoms with E-state index in [4.69, 9.17) is 21.1 Å². The molecule has 23 heavy (non-hydrogen) atoms. The summed E-state index contributed by atoms with van der Waals surface area (Å²) in [6.45, 7) is 1.87. The van der Waals surface area contributed by atoms with E-state index < -0.39 is 17.4 Å². The Morgan fingerprint density at radius 1 is 1.26 bits per heavy atom. The highest BCUT2D eigenvalue weighted by molar-refractivity contribution is 6.30. The van der Waals surface area contributed by atoms with E-state index >= 15 is 0 Å². The molecule has 2 atom stereocenters. The molecule has 3 rings (SSSR count). The summed E-state index contributed by atoms with van der Waals surface area (Å²) >= 11 is 6.20. The Bertz CT molecular complexity index is 657. The number of ether oxygens (including phenoxy) is 2. The number of pyridine rings is 1. The van der Waals surface area contributed by atoms with E-state index in [1.54, 1.807) is 0 Å². The van der Waals surface area contributed by atoms with Crippen LogP contribution < -0.4 is 0 Å². The molecule has 1 saturated carbocycles. The van der Waals surface area contributed by atoms with Gasteiger partial charge in [0.2, 0.25) is 5.41 Å². The first-order chi connectivity index (χ1) is 11.0. The Labute approximate surface area is 140 Å². The lowest BCUT2D eigenvalue weighted by Crippen LogP contribution is -2.55. The van der Waals surface area contributed by atoms with Gasteiger partial charge in [0.05, 0.1) is 19.9 Å². The van der Waals surface area contributed by atoms with Gasteiger partial charge in [-0.25, -0.2) is 4.98 Å². The largest absolute Gasteiger partial charge is 0.468 e. The minimum atomic E-state index is -1.50. The lowest BCUT2D eigenvalue weighted by Gasteiger charge is -2.41. The minimum Gasteiger partial charge on any atom is -0.468 e. The summed E-state index contributed by atoms with van der Waals surface area (Å²) in [5, 5.41) is 0.303. The van der Waals surface area contributed by atoms with Crippen molar-refractivity contribution in [3.05, 3.63) is 28.0 Å². The van der Waals surface area contributed by atoms with Crippen molar-refractivity contribution >= 4 is 23.5 Å². The fourth-order valence-electron chi connectivity index (χ4n) is 4.36. The van der Waals surface area contributed by atoms with Gasteiger partial charge in [-0.3, -0.25) is 9.59 Å². The van der Waals surface area contributed by atoms with Crippen LogP contribution in [0, 0.1) is 18.8 Å². The van der Waals surface area contributed by atoms with Crippen LogP contribution in [0.5, 0.6) is 0 Å². The molecule has 0 amide bonds. The average molecular weight is 338 g/mol. The summed E-state index contributed by atoms with van der Waals surface area (Å²) in [5.41, 5.74) is 0.640. The maximum atomic E-state index is 12.8. The van der Waals surface area contributed by atoms with E-state index in [1.165, 1.54) is 14.2 Å². The highest BCUT2D eigenvalue weighted by Crippen LogP contribution is 2.52. The van der Waals surface area contributed by atoms with Crippen molar-refractivity contribution in [1.29, 1.82) is 0 Å². The zero-order chi connectivity index (χ0) is 16.8. The van der Waals surface area contributed by atoms with Gasteiger partial charge in [-0.1, -0.05) is 24.1 Å². The van der Waals surface area contributed by atoms with Crippen molar-refractivity contribution in [2.24, 2.45) is 11.8 Å². The quantitative estimate of drug-likeness (QED) is 0.471. The Kier molecular flexibility index (Phi) is 4.08. The van der Waals surface area contributed by atoms with Gasteiger partial charge in [0.15, 0.2) is 0 Å². The highest BCUT2D eigenvalue weighted by Gasteiger charge is 2.63. The van der Waals surface area contributed by atoms with Crippen LogP contribution in [0.4, 0.5) is 0 Å². The SMILES string of the molecule is COC(=O)C1(C(=O)OC)c2nc(Cl)c(C)cc2C[C@@H]2CCC[C@@H]21. The smallest absolute Gasteiger partial charge is 0.329 e. The molecule has 0 aliphatic heterocycles. The molecule has 2 aliphatic rings. The van der Waals surface area contributed by atoms with Gasteiger partial charge in [0, 0.05) is 0 Å². The minimum absolute atomic E-state index is 0.152. The second kappa shape index (κ2) is 5.78. The van der Waals surface area contributed by atoms with Crippen LogP contribution in [-0.4, -0.2) is 31.1 Å². The molecular formula is C17H20ClNO4. The van der Waals surface area contributed by atoms with Crippen LogP contribution in [0.25, 0.3) is 0 Å². The lowest BCUT2D eigenvalue weighted by atomic mass is 9.61. The maximum Gasteiger partial charge on any atom is 0.329 e. The summed E-state index contributed by atoms with van der Waals surface area (Å²) in [4.78, 5) is 30.0. The van der Waals surface area contributed by atoms with Crippen molar-refractivity contribution in [2.75, 3.05) is 14.2 Å². The molecule has 1 heterocycles. The first kappa shape index (κ1) is 16.2. The molecule has 0 radical (unpaired) electrons. The Morgan fingerprint density at radius 3 is 2.52 bits per heavy atom. The molecule has 5 nitrogen and oxygen atoms in total. The van der Waals surface area contributed by atoms with Gasteiger partial charge in [0.25, 0.3) is 0 Å². The second-order valence-corrected chi connectivity index (χ2v) is 6.75. The number of aryl methyl sites for hydroxylation is 1. The molecule has 2 aliphatic carbocycles. The highest BCUT2D eigenvalue weighted by atomic mass is 35.5. The molecule has 0 saturated heterocycles. The van der Waals surface area contributed by atoms with Gasteiger partial charge >= 0.3 is 11.9 Å². The number of nitrogens with zero attached hydrogens (tertiary/aromatic N) is 1. The van der Waals surface area contributed by atoms with Gasteiger partial charge in [-0.15, -0.1) is 0 Å². The molecule has 6 heteroatoms. The maximum absolute atomic E-state index is 12.8. The standard InChI is InChI=1S/C17H20ClNO4/c1-9-7-11-8-10-5-4-6-12(10)17(15(20)22-2,16(21)23-3)13(11)19-14(9)18/h7,10,12H,4-6,8H2,1-3H3/t10-,12-/m0/s1. The first-order valence-corrected chi connectivity index (χ1v) is 8.17. The van der Waals surface area contributed by atoms with Crippen molar-refractivity contribution in [1.82, 2.24) is 4.98 Å². The molecule has 0 spiro atoms. The number of fused-ring (bicyclic) bond motifs is 2. The number of halogens is 1. The molecule has 0 N–H and O–H groups in total. The predicted molar refractivity (Wildman–Crippen MR) is 84.2 cm³/mol. The lowest BCUT2D eigenvalue weighted by molar-refractivity contribution is -0.167. The third-order valence-electron chi connectivity index (χ3n) is 5.32. The molecule has 124 valence electrons. The van der Waals surface area contributed by atoms with Crippen LogP contribution in [0.2, 0.25) is 5.15 Å². The van der Waals surface area contributed by atoms with Gasteiger partial charge in [0.1, 0.15) is 5.15 Å². The molecule has 1 aromatic heterocycles. The number of rotatable bonds is 2. The van der Waals surface area contributed by atoms with Crippen LogP contribution in [-0.2, 0) is 30.9 Å². The molecule has 0 aromatic carbocycles. The van der Waals surface area contributed by atoms with Gasteiger partial charge in [-0.2, -0.15) is 0 Å². The van der Waals surface area contributed by atoms with Crippen LogP contribution in [0.1, 0.15) is 36.1 Å². The van der Waals surface area contributed by atoms with E-state index in [-0.39, 0.29) is 11.8 Å². The third kappa shape index (κ3) is 2.17. The normalized spacial score (nSPS) is 24.5.